The highest BCUT2D eigenvalue weighted by molar-refractivity contribution is 9.10. The highest BCUT2D eigenvalue weighted by Crippen LogP contribution is 2.30. The van der Waals surface area contributed by atoms with E-state index in [1.165, 1.54) is 28.1 Å². The van der Waals surface area contributed by atoms with Gasteiger partial charge in [0.1, 0.15) is 18.9 Å². The van der Waals surface area contributed by atoms with E-state index in [-0.39, 0.29) is 17.0 Å². The van der Waals surface area contributed by atoms with E-state index in [0.29, 0.717) is 0 Å². The molecule has 2 nitrogen and oxygen atoms in total. The number of hydrogen-bond donors (Lipinski definition) is 0. The summed E-state index contributed by atoms with van der Waals surface area (Å²) in [6.45, 7) is 0.855. The van der Waals surface area contributed by atoms with Crippen LogP contribution in [0.2, 0.25) is 0 Å². The van der Waals surface area contributed by atoms with Crippen molar-refractivity contribution in [3.63, 3.8) is 0 Å². The van der Waals surface area contributed by atoms with Gasteiger partial charge in [0.25, 0.3) is 5.82 Å². The van der Waals surface area contributed by atoms with Crippen LogP contribution in [0.5, 0.6) is 0 Å². The zero-order chi connectivity index (χ0) is 17.4. The van der Waals surface area contributed by atoms with Crippen molar-refractivity contribution in [1.29, 1.82) is 0 Å². The van der Waals surface area contributed by atoms with Gasteiger partial charge in [-0.3, -0.25) is 0 Å². The molecule has 1 aliphatic heterocycles. The average molecular weight is 537 g/mol. The third-order valence-electron chi connectivity index (χ3n) is 4.47. The molecule has 1 aliphatic rings. The van der Waals surface area contributed by atoms with Crippen LogP contribution in [0.3, 0.4) is 0 Å². The quantitative estimate of drug-likeness (QED) is 0.445. The Balaban J connectivity index is 0.00000196. The van der Waals surface area contributed by atoms with E-state index in [1.807, 2.05) is 0 Å². The number of halogens is 3. The Bertz CT molecular complexity index is 981. The summed E-state index contributed by atoms with van der Waals surface area (Å²) in [5.74, 6) is 1.20. The van der Waals surface area contributed by atoms with Crippen molar-refractivity contribution in [3.05, 3.63) is 92.9 Å². The molecule has 0 spiro atoms. The van der Waals surface area contributed by atoms with Crippen molar-refractivity contribution >= 4 is 49.1 Å². The van der Waals surface area contributed by atoms with Crippen LogP contribution in [0.15, 0.2) is 75.9 Å². The van der Waals surface area contributed by atoms with E-state index < -0.39 is 0 Å². The smallest absolute Gasteiger partial charge is 0.282 e. The highest BCUT2D eigenvalue weighted by Gasteiger charge is 2.19. The molecule has 0 bridgehead atoms. The predicted molar refractivity (Wildman–Crippen MR) is 110 cm³/mol. The van der Waals surface area contributed by atoms with Crippen LogP contribution in [0.4, 0.5) is 0 Å². The minimum absolute atomic E-state index is 0. The Hall–Kier alpha value is -1.43. The molecular formula is C21H17Br3N2. The van der Waals surface area contributed by atoms with Gasteiger partial charge in [0.15, 0.2) is 0 Å². The van der Waals surface area contributed by atoms with Crippen molar-refractivity contribution in [2.24, 2.45) is 7.05 Å². The van der Waals surface area contributed by atoms with Crippen LogP contribution in [-0.2, 0) is 13.6 Å². The van der Waals surface area contributed by atoms with Gasteiger partial charge in [0, 0.05) is 20.6 Å². The van der Waals surface area contributed by atoms with Gasteiger partial charge >= 0.3 is 0 Å². The SMILES string of the molecule is C[n+]1ccn2c1C=C(c1ccc(Br)cc1)C=C(c1ccc(Br)cc1)C2.[Br-]. The number of fused-ring (bicyclic) bond motifs is 1. The lowest BCUT2D eigenvalue weighted by Crippen LogP contribution is -3.00. The Kier molecular flexibility index (Phi) is 6.00. The molecule has 1 aromatic heterocycles. The fourth-order valence-corrected chi connectivity index (χ4v) is 3.63. The molecule has 0 saturated heterocycles. The van der Waals surface area contributed by atoms with Gasteiger partial charge in [0.05, 0.1) is 7.05 Å². The molecule has 132 valence electrons. The van der Waals surface area contributed by atoms with E-state index in [9.17, 15) is 0 Å². The number of hydrogen-bond acceptors (Lipinski definition) is 0. The fourth-order valence-electron chi connectivity index (χ4n) is 3.10. The number of aryl methyl sites for hydroxylation is 1. The Morgan fingerprint density at radius 2 is 1.42 bits per heavy atom. The standard InChI is InChI=1S/C21H17Br2N2.BrH/c1-24-10-11-25-14-18(16-4-8-20(23)9-5-16)12-17(13-21(24)25)15-2-6-19(22)7-3-15;/h2-13H,14H2,1H3;1H/q+1;/p-1. The first-order valence-electron chi connectivity index (χ1n) is 8.09. The number of nitrogens with zero attached hydrogens (tertiary/aromatic N) is 2. The Labute approximate surface area is 180 Å². The van der Waals surface area contributed by atoms with Crippen LogP contribution in [0, 0.1) is 0 Å². The predicted octanol–water partition coefficient (Wildman–Crippen LogP) is 2.48. The number of aromatic nitrogens is 2. The molecule has 0 aliphatic carbocycles. The van der Waals surface area contributed by atoms with E-state index in [1.54, 1.807) is 0 Å². The van der Waals surface area contributed by atoms with Gasteiger partial charge in [-0.1, -0.05) is 56.1 Å². The topological polar surface area (TPSA) is 8.81 Å². The summed E-state index contributed by atoms with van der Waals surface area (Å²) in [4.78, 5) is 0. The number of imidazole rings is 1. The zero-order valence-corrected chi connectivity index (χ0v) is 18.9. The molecule has 26 heavy (non-hydrogen) atoms. The second-order valence-electron chi connectivity index (χ2n) is 6.18. The third-order valence-corrected chi connectivity index (χ3v) is 5.53. The second kappa shape index (κ2) is 8.07. The van der Waals surface area contributed by atoms with Crippen LogP contribution in [0.1, 0.15) is 17.0 Å². The average Bonchev–Trinajstić information content (AvgIpc) is 2.84. The van der Waals surface area contributed by atoms with E-state index in [2.05, 4.69) is 121 Å². The largest absolute Gasteiger partial charge is 1.00 e. The van der Waals surface area contributed by atoms with E-state index in [0.717, 1.165) is 15.5 Å². The molecule has 2 aromatic carbocycles. The number of benzene rings is 2. The van der Waals surface area contributed by atoms with E-state index in [4.69, 9.17) is 0 Å². The van der Waals surface area contributed by atoms with Crippen molar-refractivity contribution < 1.29 is 21.5 Å². The second-order valence-corrected chi connectivity index (χ2v) is 8.01. The van der Waals surface area contributed by atoms with E-state index >= 15 is 0 Å². The highest BCUT2D eigenvalue weighted by atomic mass is 79.9. The molecule has 2 heterocycles. The molecule has 0 N–H and O–H groups in total. The monoisotopic (exact) mass is 534 g/mol. The van der Waals surface area contributed by atoms with Gasteiger partial charge < -0.3 is 17.0 Å². The molecule has 0 unspecified atom stereocenters. The van der Waals surface area contributed by atoms with Crippen molar-refractivity contribution in [2.45, 2.75) is 6.54 Å². The van der Waals surface area contributed by atoms with Gasteiger partial charge in [0.2, 0.25) is 0 Å². The summed E-state index contributed by atoms with van der Waals surface area (Å²) in [5, 5.41) is 0. The first-order valence-corrected chi connectivity index (χ1v) is 9.68. The minimum atomic E-state index is 0. The normalized spacial score (nSPS) is 13.2. The number of rotatable bonds is 2. The van der Waals surface area contributed by atoms with Gasteiger partial charge in [-0.05, 0) is 47.0 Å². The van der Waals surface area contributed by atoms with Crippen LogP contribution in [0.25, 0.3) is 17.2 Å². The Morgan fingerprint density at radius 3 is 2.04 bits per heavy atom. The maximum Gasteiger partial charge on any atom is 0.282 e. The van der Waals surface area contributed by atoms with Crippen molar-refractivity contribution in [2.75, 3.05) is 0 Å². The molecule has 0 atom stereocenters. The fraction of sp³-hybridized carbons (Fsp3) is 0.0952. The first kappa shape index (κ1) is 19.3. The van der Waals surface area contributed by atoms with Gasteiger partial charge in [-0.15, -0.1) is 0 Å². The molecule has 3 aromatic rings. The molecule has 0 amide bonds. The van der Waals surface area contributed by atoms with Crippen molar-refractivity contribution in [1.82, 2.24) is 4.57 Å². The lowest BCUT2D eigenvalue weighted by atomic mass is 9.99. The first-order chi connectivity index (χ1) is 12.1. The summed E-state index contributed by atoms with van der Waals surface area (Å²) in [5.41, 5.74) is 4.98. The summed E-state index contributed by atoms with van der Waals surface area (Å²) in [6.07, 6.45) is 8.81. The van der Waals surface area contributed by atoms with Crippen molar-refractivity contribution in [3.8, 4) is 0 Å². The molecule has 0 fully saturated rings. The molecule has 5 heteroatoms. The summed E-state index contributed by atoms with van der Waals surface area (Å²) in [7, 11) is 2.09. The third kappa shape index (κ3) is 3.95. The van der Waals surface area contributed by atoms with Crippen LogP contribution in [-0.4, -0.2) is 4.57 Å². The lowest BCUT2D eigenvalue weighted by molar-refractivity contribution is -0.672. The molecule has 4 rings (SSSR count). The van der Waals surface area contributed by atoms with Crippen LogP contribution >= 0.6 is 31.9 Å². The summed E-state index contributed by atoms with van der Waals surface area (Å²) >= 11 is 7.05. The molecule has 0 saturated carbocycles. The maximum atomic E-state index is 3.53. The van der Waals surface area contributed by atoms with Crippen LogP contribution < -0.4 is 21.5 Å². The lowest BCUT2D eigenvalue weighted by Gasteiger charge is -2.07. The summed E-state index contributed by atoms with van der Waals surface area (Å²) in [6, 6.07) is 17.0. The van der Waals surface area contributed by atoms with Gasteiger partial charge in [-0.25, -0.2) is 9.13 Å². The minimum Gasteiger partial charge on any atom is -1.00 e. The molecular weight excluding hydrogens is 520 g/mol. The zero-order valence-electron chi connectivity index (χ0n) is 14.2. The number of allylic oxidation sites excluding steroid dienone is 3. The maximum absolute atomic E-state index is 3.53. The molecule has 0 radical (unpaired) electrons. The summed E-state index contributed by atoms with van der Waals surface area (Å²) < 4.78 is 6.65. The Morgan fingerprint density at radius 1 is 0.846 bits per heavy atom. The van der Waals surface area contributed by atoms with Gasteiger partial charge in [-0.2, -0.15) is 0 Å².